The van der Waals surface area contributed by atoms with Crippen molar-refractivity contribution in [2.45, 2.75) is 13.0 Å². The van der Waals surface area contributed by atoms with Crippen LogP contribution in [0.3, 0.4) is 0 Å². The first-order chi connectivity index (χ1) is 12.7. The first-order valence-corrected chi connectivity index (χ1v) is 8.73. The zero-order valence-electron chi connectivity index (χ0n) is 14.8. The Bertz CT molecular complexity index is 962. The van der Waals surface area contributed by atoms with Gasteiger partial charge in [0.05, 0.1) is 5.52 Å². The number of hydrogen-bond donors (Lipinski definition) is 0. The highest BCUT2D eigenvalue weighted by Gasteiger charge is 2.21. The van der Waals surface area contributed by atoms with Gasteiger partial charge in [-0.15, -0.1) is 12.4 Å². The summed E-state index contributed by atoms with van der Waals surface area (Å²) in [6, 6.07) is 11.2. The van der Waals surface area contributed by atoms with Gasteiger partial charge in [-0.2, -0.15) is 0 Å². The van der Waals surface area contributed by atoms with Crippen LogP contribution in [0.15, 0.2) is 58.0 Å². The predicted molar refractivity (Wildman–Crippen MR) is 105 cm³/mol. The number of benzene rings is 1. The molecule has 8 heteroatoms. The van der Waals surface area contributed by atoms with Gasteiger partial charge in [0.1, 0.15) is 0 Å². The van der Waals surface area contributed by atoms with Gasteiger partial charge in [-0.3, -0.25) is 14.3 Å². The molecule has 1 saturated heterocycles. The molecule has 3 heterocycles. The van der Waals surface area contributed by atoms with Gasteiger partial charge < -0.3 is 14.2 Å². The van der Waals surface area contributed by atoms with E-state index >= 15 is 0 Å². The Labute approximate surface area is 162 Å². The Balaban J connectivity index is 0.00000210. The molecule has 0 unspecified atom stereocenters. The molecule has 142 valence electrons. The lowest BCUT2D eigenvalue weighted by molar-refractivity contribution is -0.131. The van der Waals surface area contributed by atoms with Gasteiger partial charge in [0.25, 0.3) is 0 Å². The fourth-order valence-corrected chi connectivity index (χ4v) is 3.36. The largest absolute Gasteiger partial charge is 0.419 e. The van der Waals surface area contributed by atoms with Gasteiger partial charge in [-0.1, -0.05) is 12.1 Å². The van der Waals surface area contributed by atoms with Crippen molar-refractivity contribution in [3.8, 4) is 0 Å². The maximum atomic E-state index is 12.5. The molecule has 0 aliphatic carbocycles. The maximum Gasteiger partial charge on any atom is 0.419 e. The van der Waals surface area contributed by atoms with E-state index < -0.39 is 5.76 Å². The molecule has 0 atom stereocenters. The average Bonchev–Trinajstić information content (AvgIpc) is 3.02. The molecule has 27 heavy (non-hydrogen) atoms. The number of piperazine rings is 1. The molecular weight excluding hydrogens is 368 g/mol. The van der Waals surface area contributed by atoms with Crippen LogP contribution in [0.1, 0.15) is 6.42 Å². The molecule has 4 rings (SSSR count). The summed E-state index contributed by atoms with van der Waals surface area (Å²) in [6.45, 7) is 3.29. The van der Waals surface area contributed by atoms with Crippen LogP contribution in [-0.2, 0) is 11.3 Å². The van der Waals surface area contributed by atoms with Crippen molar-refractivity contribution < 1.29 is 9.21 Å². The second kappa shape index (κ2) is 8.26. The van der Waals surface area contributed by atoms with Crippen molar-refractivity contribution in [1.29, 1.82) is 0 Å². The maximum absolute atomic E-state index is 12.5. The number of rotatable bonds is 4. The number of aromatic nitrogens is 2. The topological polar surface area (TPSA) is 71.6 Å². The van der Waals surface area contributed by atoms with Crippen LogP contribution in [0.25, 0.3) is 11.1 Å². The van der Waals surface area contributed by atoms with E-state index in [1.165, 1.54) is 4.57 Å². The summed E-state index contributed by atoms with van der Waals surface area (Å²) in [5.74, 6) is -0.349. The second-order valence-electron chi connectivity index (χ2n) is 6.31. The van der Waals surface area contributed by atoms with Gasteiger partial charge in [-0.05, 0) is 24.3 Å². The molecule has 0 spiro atoms. The van der Waals surface area contributed by atoms with Crippen LogP contribution < -0.4 is 10.7 Å². The van der Waals surface area contributed by atoms with Crippen molar-refractivity contribution in [3.63, 3.8) is 0 Å². The number of amides is 1. The van der Waals surface area contributed by atoms with E-state index in [4.69, 9.17) is 4.42 Å². The van der Waals surface area contributed by atoms with Crippen molar-refractivity contribution in [2.75, 3.05) is 31.1 Å². The van der Waals surface area contributed by atoms with E-state index in [0.29, 0.717) is 31.6 Å². The summed E-state index contributed by atoms with van der Waals surface area (Å²) in [5.41, 5.74) is 2.41. The molecule has 0 N–H and O–H groups in total. The summed E-state index contributed by atoms with van der Waals surface area (Å²) in [7, 11) is 0. The standard InChI is InChI=1S/C19H20N4O3.ClH/c24-18(7-10-23-16-3-1-2-4-17(16)26-19(23)25)22-13-11-21(12-14-22)15-5-8-20-9-6-15;/h1-6,8-9H,7,10-14H2;1H. The SMILES string of the molecule is Cl.O=C(CCn1c(=O)oc2ccccc21)N1CCN(c2ccncc2)CC1. The summed E-state index contributed by atoms with van der Waals surface area (Å²) < 4.78 is 6.74. The van der Waals surface area contributed by atoms with E-state index in [2.05, 4.69) is 9.88 Å². The first kappa shape index (κ1) is 19.0. The monoisotopic (exact) mass is 388 g/mol. The zero-order chi connectivity index (χ0) is 17.9. The number of anilines is 1. The molecule has 0 radical (unpaired) electrons. The molecular formula is C19H21ClN4O3. The van der Waals surface area contributed by atoms with Crippen LogP contribution in [0.4, 0.5) is 5.69 Å². The van der Waals surface area contributed by atoms with E-state index in [0.717, 1.165) is 24.3 Å². The average molecular weight is 389 g/mol. The Morgan fingerprint density at radius 3 is 2.48 bits per heavy atom. The van der Waals surface area contributed by atoms with Crippen molar-refractivity contribution in [3.05, 3.63) is 59.3 Å². The molecule has 1 aromatic carbocycles. The molecule has 2 aromatic heterocycles. The summed E-state index contributed by atoms with van der Waals surface area (Å²) in [4.78, 5) is 32.7. The van der Waals surface area contributed by atoms with E-state index in [1.807, 2.05) is 35.2 Å². The van der Waals surface area contributed by atoms with Gasteiger partial charge >= 0.3 is 5.76 Å². The third-order valence-electron chi connectivity index (χ3n) is 4.78. The molecule has 0 saturated carbocycles. The van der Waals surface area contributed by atoms with Crippen LogP contribution in [0.5, 0.6) is 0 Å². The number of carbonyl (C=O) groups is 1. The van der Waals surface area contributed by atoms with Gasteiger partial charge in [0.15, 0.2) is 5.58 Å². The van der Waals surface area contributed by atoms with Crippen LogP contribution >= 0.6 is 12.4 Å². The lowest BCUT2D eigenvalue weighted by atomic mass is 10.2. The number of para-hydroxylation sites is 2. The smallest absolute Gasteiger partial charge is 0.408 e. The molecule has 3 aromatic rings. The number of halogens is 1. The lowest BCUT2D eigenvalue weighted by Crippen LogP contribution is -2.49. The number of aryl methyl sites for hydroxylation is 1. The highest BCUT2D eigenvalue weighted by atomic mass is 35.5. The normalized spacial score (nSPS) is 14.2. The molecule has 0 bridgehead atoms. The number of fused-ring (bicyclic) bond motifs is 1. The summed E-state index contributed by atoms with van der Waals surface area (Å²) in [6.07, 6.45) is 3.85. The molecule has 1 fully saturated rings. The van der Waals surface area contributed by atoms with Crippen molar-refractivity contribution >= 4 is 35.1 Å². The van der Waals surface area contributed by atoms with E-state index in [9.17, 15) is 9.59 Å². The van der Waals surface area contributed by atoms with Crippen LogP contribution in [0, 0.1) is 0 Å². The van der Waals surface area contributed by atoms with Crippen LogP contribution in [-0.4, -0.2) is 46.5 Å². The van der Waals surface area contributed by atoms with Gasteiger partial charge in [0, 0.05) is 57.2 Å². The van der Waals surface area contributed by atoms with Gasteiger partial charge in [0.2, 0.25) is 5.91 Å². The molecule has 7 nitrogen and oxygen atoms in total. The minimum absolute atomic E-state index is 0. The Morgan fingerprint density at radius 2 is 1.74 bits per heavy atom. The number of pyridine rings is 1. The Hall–Kier alpha value is -2.80. The third-order valence-corrected chi connectivity index (χ3v) is 4.78. The highest BCUT2D eigenvalue weighted by Crippen LogP contribution is 2.16. The fraction of sp³-hybridized carbons (Fsp3) is 0.316. The first-order valence-electron chi connectivity index (χ1n) is 8.73. The third kappa shape index (κ3) is 3.98. The van der Waals surface area contributed by atoms with Crippen molar-refractivity contribution in [1.82, 2.24) is 14.5 Å². The number of carbonyl (C=O) groups excluding carboxylic acids is 1. The van der Waals surface area contributed by atoms with Crippen molar-refractivity contribution in [2.24, 2.45) is 0 Å². The highest BCUT2D eigenvalue weighted by molar-refractivity contribution is 5.85. The quantitative estimate of drug-likeness (QED) is 0.684. The Morgan fingerprint density at radius 1 is 1.04 bits per heavy atom. The minimum atomic E-state index is -0.415. The minimum Gasteiger partial charge on any atom is -0.408 e. The predicted octanol–water partition coefficient (Wildman–Crippen LogP) is 2.15. The fourth-order valence-electron chi connectivity index (χ4n) is 3.36. The number of hydrogen-bond acceptors (Lipinski definition) is 5. The molecule has 1 aliphatic heterocycles. The number of nitrogens with zero attached hydrogens (tertiary/aromatic N) is 4. The second-order valence-corrected chi connectivity index (χ2v) is 6.31. The van der Waals surface area contributed by atoms with Gasteiger partial charge in [-0.25, -0.2) is 4.79 Å². The van der Waals surface area contributed by atoms with Crippen LogP contribution in [0.2, 0.25) is 0 Å². The summed E-state index contributed by atoms with van der Waals surface area (Å²) in [5, 5.41) is 0. The van der Waals surface area contributed by atoms with E-state index in [-0.39, 0.29) is 18.3 Å². The molecule has 1 aliphatic rings. The summed E-state index contributed by atoms with van der Waals surface area (Å²) >= 11 is 0. The Kier molecular flexibility index (Phi) is 5.81. The molecule has 1 amide bonds. The lowest BCUT2D eigenvalue weighted by Gasteiger charge is -2.36. The zero-order valence-corrected chi connectivity index (χ0v) is 15.6. The number of oxazole rings is 1. The van der Waals surface area contributed by atoms with E-state index in [1.54, 1.807) is 18.5 Å².